The van der Waals surface area contributed by atoms with Gasteiger partial charge in [-0.15, -0.1) is 24.8 Å². The second kappa shape index (κ2) is 9.28. The van der Waals surface area contributed by atoms with Crippen molar-refractivity contribution in [2.45, 2.75) is 26.5 Å². The normalized spacial score (nSPS) is 14.3. The Kier molecular flexibility index (Phi) is 7.03. The minimum atomic E-state index is -3.83. The molecule has 0 bridgehead atoms. The van der Waals surface area contributed by atoms with E-state index in [0.717, 1.165) is 11.1 Å². The Bertz CT molecular complexity index is 1250. The molecule has 0 unspecified atom stereocenters. The summed E-state index contributed by atoms with van der Waals surface area (Å²) < 4.78 is 1.74. The average Bonchev–Trinajstić information content (AvgIpc) is 3.34. The second-order valence-electron chi connectivity index (χ2n) is 9.68. The molecule has 0 radical (unpaired) electrons. The molecule has 0 saturated heterocycles. The van der Waals surface area contributed by atoms with Gasteiger partial charge in [-0.1, -0.05) is 0 Å². The Morgan fingerprint density at radius 1 is 0.588 bits per heavy atom. The van der Waals surface area contributed by atoms with Crippen LogP contribution in [0.15, 0.2) is 97.1 Å². The topological polar surface area (TPSA) is 0 Å². The van der Waals surface area contributed by atoms with Crippen LogP contribution in [0.4, 0.5) is 0 Å². The average molecular weight is 560 g/mol. The van der Waals surface area contributed by atoms with Crippen molar-refractivity contribution < 1.29 is 13.0 Å². The molecule has 0 aromatic heterocycles. The van der Waals surface area contributed by atoms with E-state index < -0.39 is 13.0 Å². The molecule has 2 aliphatic carbocycles. The molecule has 34 heavy (non-hydrogen) atoms. The summed E-state index contributed by atoms with van der Waals surface area (Å²) >= 11 is -3.83. The van der Waals surface area contributed by atoms with Crippen LogP contribution >= 0.6 is 34.1 Å². The van der Waals surface area contributed by atoms with Gasteiger partial charge in [0.1, 0.15) is 0 Å². The second-order valence-corrected chi connectivity index (χ2v) is 30.4. The fraction of sp³-hybridized carbons (Fsp3) is 0.172. The van der Waals surface area contributed by atoms with Crippen LogP contribution in [-0.2, 0) is 13.0 Å². The van der Waals surface area contributed by atoms with E-state index >= 15 is 0 Å². The number of fused-ring (bicyclic) bond motifs is 6. The van der Waals surface area contributed by atoms with Crippen molar-refractivity contribution in [2.75, 3.05) is 0 Å². The van der Waals surface area contributed by atoms with Crippen LogP contribution in [0.5, 0.6) is 0 Å². The number of hydrogen-bond acceptors (Lipinski definition) is 0. The van der Waals surface area contributed by atoms with E-state index in [1.807, 2.05) is 0 Å². The Labute approximate surface area is 221 Å². The molecule has 5 heteroatoms. The summed E-state index contributed by atoms with van der Waals surface area (Å²) in [5, 5.41) is 0. The zero-order valence-electron chi connectivity index (χ0n) is 19.2. The third-order valence-corrected chi connectivity index (χ3v) is 24.0. The van der Waals surface area contributed by atoms with Crippen LogP contribution < -0.4 is 0 Å². The van der Waals surface area contributed by atoms with Gasteiger partial charge >= 0.3 is 198 Å². The van der Waals surface area contributed by atoms with Crippen molar-refractivity contribution >= 4 is 41.8 Å². The number of halogens is 3. The van der Waals surface area contributed by atoms with Crippen LogP contribution in [0.2, 0.25) is 4.73 Å². The van der Waals surface area contributed by atoms with Gasteiger partial charge in [-0.3, -0.25) is 0 Å². The van der Waals surface area contributed by atoms with E-state index in [1.165, 1.54) is 44.5 Å². The van der Waals surface area contributed by atoms with Gasteiger partial charge in [0, 0.05) is 0 Å². The van der Waals surface area contributed by atoms with E-state index in [0.29, 0.717) is 8.45 Å². The summed E-state index contributed by atoms with van der Waals surface area (Å²) in [7, 11) is 10.7. The van der Waals surface area contributed by atoms with Crippen LogP contribution in [0.3, 0.4) is 0 Å². The first-order chi connectivity index (χ1) is 15.5. The van der Waals surface area contributed by atoms with Crippen molar-refractivity contribution in [3.63, 3.8) is 0 Å². The van der Waals surface area contributed by atoms with E-state index in [1.54, 1.807) is 0 Å². The first-order valence-corrected chi connectivity index (χ1v) is 20.7. The van der Waals surface area contributed by atoms with Gasteiger partial charge in [0.15, 0.2) is 0 Å². The fourth-order valence-corrected chi connectivity index (χ4v) is 23.9. The van der Waals surface area contributed by atoms with Crippen LogP contribution in [0.1, 0.15) is 44.0 Å². The zero-order valence-corrected chi connectivity index (χ0v) is 24.6. The molecule has 0 atom stereocenters. The van der Waals surface area contributed by atoms with Gasteiger partial charge in [0.2, 0.25) is 0 Å². The molecule has 2 aliphatic rings. The van der Waals surface area contributed by atoms with Gasteiger partial charge in [0.25, 0.3) is 0 Å². The maximum atomic E-state index is 8.42. The maximum Gasteiger partial charge on any atom is -0.147 e. The minimum absolute atomic E-state index is 0. The van der Waals surface area contributed by atoms with E-state index in [4.69, 9.17) is 9.30 Å². The molecule has 6 rings (SSSR count). The molecule has 0 amide bonds. The molecule has 0 spiro atoms. The summed E-state index contributed by atoms with van der Waals surface area (Å²) in [4.78, 5) is 0. The van der Waals surface area contributed by atoms with Crippen LogP contribution in [0, 0.1) is 0 Å². The Morgan fingerprint density at radius 2 is 0.853 bits per heavy atom. The van der Waals surface area contributed by atoms with Crippen molar-refractivity contribution in [3.8, 4) is 22.3 Å². The van der Waals surface area contributed by atoms with Crippen molar-refractivity contribution in [1.29, 1.82) is 0 Å². The molecule has 0 saturated carbocycles. The Hall–Kier alpha value is -1.32. The van der Waals surface area contributed by atoms with E-state index in [9.17, 15) is 0 Å². The molecule has 0 N–H and O–H groups in total. The predicted molar refractivity (Wildman–Crippen MR) is 151 cm³/mol. The molecule has 4 aromatic rings. The largest absolute Gasteiger partial charge is 0.147 e. The van der Waals surface area contributed by atoms with Gasteiger partial charge in [-0.2, -0.15) is 0 Å². The third kappa shape index (κ3) is 3.52. The Morgan fingerprint density at radius 3 is 1.12 bits per heavy atom. The van der Waals surface area contributed by atoms with Gasteiger partial charge in [-0.25, -0.2) is 0 Å². The quantitative estimate of drug-likeness (QED) is 0.220. The molecule has 0 aliphatic heterocycles. The number of hydrogen-bond donors (Lipinski definition) is 0. The molecule has 0 heterocycles. The van der Waals surface area contributed by atoms with Crippen molar-refractivity contribution in [3.05, 3.63) is 119 Å². The standard InChI is InChI=1S/2C13H9.C3H7.3ClH.H2Si.Ti/c2*1-3-7-12-10(5-1)9-11-6-2-4-8-13(11)12;1-3-2;;;;;/h2*1-9H;1,3H2,2H3;3*1H;1H2;/q;;;;;;;+1/p-1. The third-order valence-electron chi connectivity index (χ3n) is 7.85. The summed E-state index contributed by atoms with van der Waals surface area (Å²) in [6.07, 6.45) is 1.12. The molecular formula is C29H29Cl3SiTi. The van der Waals surface area contributed by atoms with Crippen LogP contribution in [-0.4, -0.2) is 7.63 Å². The van der Waals surface area contributed by atoms with E-state index in [-0.39, 0.29) is 24.8 Å². The van der Waals surface area contributed by atoms with Crippen molar-refractivity contribution in [1.82, 2.24) is 0 Å². The van der Waals surface area contributed by atoms with Gasteiger partial charge in [0.05, 0.1) is 0 Å². The number of benzene rings is 4. The summed E-state index contributed by atoms with van der Waals surface area (Å²) in [6.45, 7) is 2.32. The molecule has 0 nitrogen and oxygen atoms in total. The van der Waals surface area contributed by atoms with Gasteiger partial charge in [-0.05, 0) is 0 Å². The molecular weight excluding hydrogens is 531 g/mol. The molecule has 4 aromatic carbocycles. The summed E-state index contributed by atoms with van der Waals surface area (Å²) in [5.74, 6) is 0. The number of rotatable bonds is 4. The molecule has 0 fully saturated rings. The monoisotopic (exact) mass is 558 g/mol. The maximum absolute atomic E-state index is 8.42. The van der Waals surface area contributed by atoms with Crippen LogP contribution in [0.25, 0.3) is 22.3 Å². The van der Waals surface area contributed by atoms with E-state index in [2.05, 4.69) is 112 Å². The minimum Gasteiger partial charge on any atom is -0.147 e. The van der Waals surface area contributed by atoms with Gasteiger partial charge < -0.3 is 0 Å². The SMILES string of the molecule is CC[CH2][Ti](=[SiH2])([Cl])([CH]1c2ccccc2-c2ccccc21)[CH]1c2ccccc2-c2ccccc21.Cl.Cl. The smallest absolute Gasteiger partial charge is 0.147 e. The molecule has 174 valence electrons. The summed E-state index contributed by atoms with van der Waals surface area (Å²) in [6, 6.07) is 36.1. The first-order valence-electron chi connectivity index (χ1n) is 11.6. The summed E-state index contributed by atoms with van der Waals surface area (Å²) in [5.41, 5.74) is 11.3. The fourth-order valence-electron chi connectivity index (χ4n) is 6.80. The predicted octanol–water partition coefficient (Wildman–Crippen LogP) is 8.59. The zero-order chi connectivity index (χ0) is 21.9. The first kappa shape index (κ1) is 25.8. The van der Waals surface area contributed by atoms with Crippen molar-refractivity contribution in [2.24, 2.45) is 0 Å². The Balaban J connectivity index is 0.00000137.